The number of hydrogen-bond acceptors (Lipinski definition) is 2. The van der Waals surface area contributed by atoms with Gasteiger partial charge in [0.1, 0.15) is 0 Å². The predicted octanol–water partition coefficient (Wildman–Crippen LogP) is 2.63. The second kappa shape index (κ2) is 9.47. The van der Waals surface area contributed by atoms with Crippen molar-refractivity contribution in [2.45, 2.75) is 58.4 Å². The van der Waals surface area contributed by atoms with E-state index in [0.29, 0.717) is 6.04 Å². The van der Waals surface area contributed by atoms with Crippen molar-refractivity contribution in [3.63, 3.8) is 0 Å². The van der Waals surface area contributed by atoms with Gasteiger partial charge in [0, 0.05) is 6.04 Å². The zero-order valence-electron chi connectivity index (χ0n) is 10.3. The average molecular weight is 200 g/mol. The SMILES string of the molecule is CCCCCCCN(C)C(C)CCN. The van der Waals surface area contributed by atoms with Crippen molar-refractivity contribution in [3.05, 3.63) is 0 Å². The van der Waals surface area contributed by atoms with Crippen LogP contribution < -0.4 is 5.73 Å². The van der Waals surface area contributed by atoms with E-state index in [1.807, 2.05) is 0 Å². The van der Waals surface area contributed by atoms with Gasteiger partial charge in [0.25, 0.3) is 0 Å². The van der Waals surface area contributed by atoms with Crippen molar-refractivity contribution in [2.75, 3.05) is 20.1 Å². The van der Waals surface area contributed by atoms with E-state index in [1.54, 1.807) is 0 Å². The maximum Gasteiger partial charge on any atom is 0.00758 e. The highest BCUT2D eigenvalue weighted by molar-refractivity contribution is 4.63. The lowest BCUT2D eigenvalue weighted by molar-refractivity contribution is 0.243. The van der Waals surface area contributed by atoms with Crippen LogP contribution in [0, 0.1) is 0 Å². The van der Waals surface area contributed by atoms with Crippen LogP contribution in [-0.2, 0) is 0 Å². The molecule has 2 N–H and O–H groups in total. The average Bonchev–Trinajstić information content (AvgIpc) is 2.17. The van der Waals surface area contributed by atoms with Gasteiger partial charge in [-0.3, -0.25) is 0 Å². The maximum absolute atomic E-state index is 5.53. The molecular weight excluding hydrogens is 172 g/mol. The standard InChI is InChI=1S/C12H28N2/c1-4-5-6-7-8-11-14(3)12(2)9-10-13/h12H,4-11,13H2,1-3H3. The van der Waals surface area contributed by atoms with Crippen LogP contribution in [0.5, 0.6) is 0 Å². The molecule has 1 unspecified atom stereocenters. The molecule has 2 heteroatoms. The summed E-state index contributed by atoms with van der Waals surface area (Å²) in [5.41, 5.74) is 5.53. The summed E-state index contributed by atoms with van der Waals surface area (Å²) in [6, 6.07) is 0.645. The normalized spacial score (nSPS) is 13.5. The van der Waals surface area contributed by atoms with E-state index in [0.717, 1.165) is 13.0 Å². The van der Waals surface area contributed by atoms with Gasteiger partial charge in [0.2, 0.25) is 0 Å². The smallest absolute Gasteiger partial charge is 0.00758 e. The molecule has 1 atom stereocenters. The predicted molar refractivity (Wildman–Crippen MR) is 64.5 cm³/mol. The summed E-state index contributed by atoms with van der Waals surface area (Å²) in [6.45, 7) is 6.56. The highest BCUT2D eigenvalue weighted by atomic mass is 15.1. The summed E-state index contributed by atoms with van der Waals surface area (Å²) in [7, 11) is 2.21. The lowest BCUT2D eigenvalue weighted by Crippen LogP contribution is -2.31. The first-order valence-electron chi connectivity index (χ1n) is 6.12. The molecule has 0 bridgehead atoms. The van der Waals surface area contributed by atoms with E-state index < -0.39 is 0 Å². The van der Waals surface area contributed by atoms with Crippen molar-refractivity contribution < 1.29 is 0 Å². The third-order valence-electron chi connectivity index (χ3n) is 2.95. The molecule has 0 rings (SSSR count). The summed E-state index contributed by atoms with van der Waals surface area (Å²) < 4.78 is 0. The van der Waals surface area contributed by atoms with Gasteiger partial charge in [-0.15, -0.1) is 0 Å². The molecule has 0 amide bonds. The van der Waals surface area contributed by atoms with Crippen LogP contribution in [0.25, 0.3) is 0 Å². The van der Waals surface area contributed by atoms with Crippen molar-refractivity contribution in [2.24, 2.45) is 5.73 Å². The van der Waals surface area contributed by atoms with Crippen molar-refractivity contribution >= 4 is 0 Å². The minimum atomic E-state index is 0.645. The summed E-state index contributed by atoms with van der Waals surface area (Å²) in [4.78, 5) is 2.43. The molecule has 0 heterocycles. The van der Waals surface area contributed by atoms with Gasteiger partial charge in [-0.25, -0.2) is 0 Å². The number of nitrogens with two attached hydrogens (primary N) is 1. The summed E-state index contributed by atoms with van der Waals surface area (Å²) in [6.07, 6.45) is 7.96. The monoisotopic (exact) mass is 200 g/mol. The minimum Gasteiger partial charge on any atom is -0.330 e. The Morgan fingerprint density at radius 3 is 2.36 bits per heavy atom. The van der Waals surface area contributed by atoms with E-state index in [4.69, 9.17) is 5.73 Å². The van der Waals surface area contributed by atoms with Crippen LogP contribution >= 0.6 is 0 Å². The minimum absolute atomic E-state index is 0.645. The molecule has 0 aliphatic heterocycles. The third-order valence-corrected chi connectivity index (χ3v) is 2.95. The van der Waals surface area contributed by atoms with Crippen LogP contribution in [0.2, 0.25) is 0 Å². The molecule has 0 aromatic rings. The fourth-order valence-corrected chi connectivity index (χ4v) is 1.65. The Balaban J connectivity index is 3.29. The molecule has 14 heavy (non-hydrogen) atoms. The van der Waals surface area contributed by atoms with Gasteiger partial charge in [-0.1, -0.05) is 32.6 Å². The molecule has 0 fully saturated rings. The Morgan fingerprint density at radius 2 is 1.79 bits per heavy atom. The summed E-state index contributed by atoms with van der Waals surface area (Å²) in [5.74, 6) is 0. The molecule has 0 aromatic carbocycles. The van der Waals surface area contributed by atoms with Crippen LogP contribution in [0.1, 0.15) is 52.4 Å². The van der Waals surface area contributed by atoms with E-state index in [2.05, 4.69) is 25.8 Å². The van der Waals surface area contributed by atoms with Crippen molar-refractivity contribution in [1.29, 1.82) is 0 Å². The first-order chi connectivity index (χ1) is 6.72. The first-order valence-corrected chi connectivity index (χ1v) is 6.12. The molecule has 0 aliphatic rings. The van der Waals surface area contributed by atoms with Crippen LogP contribution in [0.3, 0.4) is 0 Å². The van der Waals surface area contributed by atoms with Crippen molar-refractivity contribution in [1.82, 2.24) is 4.90 Å². The van der Waals surface area contributed by atoms with E-state index in [1.165, 1.54) is 38.6 Å². The Morgan fingerprint density at radius 1 is 1.14 bits per heavy atom. The molecule has 0 aromatic heterocycles. The fourth-order valence-electron chi connectivity index (χ4n) is 1.65. The second-order valence-electron chi connectivity index (χ2n) is 4.32. The molecule has 0 saturated heterocycles. The highest BCUT2D eigenvalue weighted by Crippen LogP contribution is 2.06. The van der Waals surface area contributed by atoms with Crippen molar-refractivity contribution in [3.8, 4) is 0 Å². The van der Waals surface area contributed by atoms with E-state index >= 15 is 0 Å². The number of rotatable bonds is 9. The van der Waals surface area contributed by atoms with Gasteiger partial charge >= 0.3 is 0 Å². The first kappa shape index (κ1) is 13.9. The molecular formula is C12H28N2. The van der Waals surface area contributed by atoms with Gasteiger partial charge in [-0.2, -0.15) is 0 Å². The second-order valence-corrected chi connectivity index (χ2v) is 4.32. The molecule has 2 nitrogen and oxygen atoms in total. The quantitative estimate of drug-likeness (QED) is 0.580. The van der Waals surface area contributed by atoms with Crippen LogP contribution in [0.4, 0.5) is 0 Å². The number of hydrogen-bond donors (Lipinski definition) is 1. The highest BCUT2D eigenvalue weighted by Gasteiger charge is 2.06. The summed E-state index contributed by atoms with van der Waals surface area (Å²) in [5, 5.41) is 0. The maximum atomic E-state index is 5.53. The Hall–Kier alpha value is -0.0800. The number of unbranched alkanes of at least 4 members (excludes halogenated alkanes) is 4. The van der Waals surface area contributed by atoms with Gasteiger partial charge in [0.05, 0.1) is 0 Å². The Labute approximate surface area is 89.9 Å². The Kier molecular flexibility index (Phi) is 9.42. The van der Waals surface area contributed by atoms with Crippen LogP contribution in [0.15, 0.2) is 0 Å². The largest absolute Gasteiger partial charge is 0.330 e. The zero-order valence-corrected chi connectivity index (χ0v) is 10.3. The molecule has 0 aliphatic carbocycles. The third kappa shape index (κ3) is 7.34. The molecule has 0 spiro atoms. The van der Waals surface area contributed by atoms with Crippen LogP contribution in [-0.4, -0.2) is 31.1 Å². The van der Waals surface area contributed by atoms with E-state index in [-0.39, 0.29) is 0 Å². The lowest BCUT2D eigenvalue weighted by Gasteiger charge is -2.24. The fraction of sp³-hybridized carbons (Fsp3) is 1.00. The molecule has 86 valence electrons. The molecule has 0 radical (unpaired) electrons. The van der Waals surface area contributed by atoms with Gasteiger partial charge in [-0.05, 0) is 39.9 Å². The Bertz CT molecular complexity index is 115. The molecule has 0 saturated carbocycles. The zero-order chi connectivity index (χ0) is 10.8. The van der Waals surface area contributed by atoms with E-state index in [9.17, 15) is 0 Å². The number of nitrogens with zero attached hydrogens (tertiary/aromatic N) is 1. The lowest BCUT2D eigenvalue weighted by atomic mass is 10.1. The van der Waals surface area contributed by atoms with Gasteiger partial charge < -0.3 is 10.6 Å². The summed E-state index contributed by atoms with van der Waals surface area (Å²) >= 11 is 0. The van der Waals surface area contributed by atoms with Gasteiger partial charge in [0.15, 0.2) is 0 Å². The topological polar surface area (TPSA) is 29.3 Å².